The van der Waals surface area contributed by atoms with Gasteiger partial charge in [-0.2, -0.15) is 0 Å². The molecule has 0 aliphatic carbocycles. The summed E-state index contributed by atoms with van der Waals surface area (Å²) in [6.07, 6.45) is 3.58. The normalized spacial score (nSPS) is 16.0. The third-order valence-corrected chi connectivity index (χ3v) is 7.99. The van der Waals surface area contributed by atoms with E-state index in [0.717, 1.165) is 43.0 Å². The summed E-state index contributed by atoms with van der Waals surface area (Å²) in [6, 6.07) is 16.1. The van der Waals surface area contributed by atoms with Crippen LogP contribution in [0.15, 0.2) is 59.8 Å². The summed E-state index contributed by atoms with van der Waals surface area (Å²) in [6.45, 7) is 4.50. The molecule has 0 atom stereocenters. The average molecular weight is 553 g/mol. The minimum absolute atomic E-state index is 0.00610. The van der Waals surface area contributed by atoms with Crippen molar-refractivity contribution in [1.82, 2.24) is 14.9 Å². The van der Waals surface area contributed by atoms with E-state index >= 15 is 0 Å². The number of hydrogen-bond donors (Lipinski definition) is 0. The number of hydrogen-bond acceptors (Lipinski definition) is 8. The lowest BCUT2D eigenvalue weighted by molar-refractivity contribution is -0.384. The molecule has 2 saturated heterocycles. The Morgan fingerprint density at radius 2 is 1.66 bits per heavy atom. The Hall–Kier alpha value is -3.37. The van der Waals surface area contributed by atoms with Gasteiger partial charge in [-0.1, -0.05) is 35.5 Å². The highest BCUT2D eigenvalue weighted by molar-refractivity contribution is 7.98. The number of thioether (sulfide) groups is 1. The fraction of sp³-hybridized carbons (Fsp3) is 0.370. The second-order valence-corrected chi connectivity index (χ2v) is 10.8. The number of aromatic nitrogens is 2. The summed E-state index contributed by atoms with van der Waals surface area (Å²) in [4.78, 5) is 39.1. The first-order valence-electron chi connectivity index (χ1n) is 12.8. The lowest BCUT2D eigenvalue weighted by Gasteiger charge is -2.36. The van der Waals surface area contributed by atoms with Gasteiger partial charge in [0, 0.05) is 74.5 Å². The summed E-state index contributed by atoms with van der Waals surface area (Å²) >= 11 is 7.82. The number of benzene rings is 2. The van der Waals surface area contributed by atoms with Crippen molar-refractivity contribution >= 4 is 46.5 Å². The third kappa shape index (κ3) is 6.36. The minimum Gasteiger partial charge on any atom is -0.368 e. The van der Waals surface area contributed by atoms with Crippen LogP contribution in [0.1, 0.15) is 35.2 Å². The highest BCUT2D eigenvalue weighted by atomic mass is 35.5. The molecule has 0 bridgehead atoms. The standard InChI is InChI=1S/C27H29ClN6O3S/c28-24-18-25(32-11-2-1-3-12-32)30-27(29-24)38-19-20-5-4-6-21(17-20)26(35)33-15-13-31(14-16-33)22-7-9-23(10-8-22)34(36)37/h4-10,17-18H,1-3,11-16,19H2. The van der Waals surface area contributed by atoms with Gasteiger partial charge < -0.3 is 14.7 Å². The Labute approximate surface area is 231 Å². The maximum atomic E-state index is 13.2. The molecule has 38 heavy (non-hydrogen) atoms. The summed E-state index contributed by atoms with van der Waals surface area (Å²) in [5.41, 5.74) is 2.68. The van der Waals surface area contributed by atoms with Crippen molar-refractivity contribution in [2.24, 2.45) is 0 Å². The first-order chi connectivity index (χ1) is 18.5. The van der Waals surface area contributed by atoms with Crippen LogP contribution in [0.3, 0.4) is 0 Å². The van der Waals surface area contributed by atoms with E-state index in [-0.39, 0.29) is 11.6 Å². The number of rotatable bonds is 7. The van der Waals surface area contributed by atoms with Crippen molar-refractivity contribution in [3.05, 3.63) is 81.0 Å². The number of nitrogens with zero attached hydrogens (tertiary/aromatic N) is 6. The second-order valence-electron chi connectivity index (χ2n) is 9.42. The smallest absolute Gasteiger partial charge is 0.269 e. The van der Waals surface area contributed by atoms with Gasteiger partial charge in [0.15, 0.2) is 5.16 Å². The zero-order chi connectivity index (χ0) is 26.5. The van der Waals surface area contributed by atoms with Crippen LogP contribution in [0.5, 0.6) is 0 Å². The fourth-order valence-corrected chi connectivity index (χ4v) is 5.84. The van der Waals surface area contributed by atoms with Crippen molar-refractivity contribution in [3.63, 3.8) is 0 Å². The highest BCUT2D eigenvalue weighted by Crippen LogP contribution is 2.27. The number of nitro benzene ring substituents is 1. The van der Waals surface area contributed by atoms with E-state index in [9.17, 15) is 14.9 Å². The average Bonchev–Trinajstić information content (AvgIpc) is 2.96. The van der Waals surface area contributed by atoms with Crippen LogP contribution in [-0.4, -0.2) is 65.0 Å². The van der Waals surface area contributed by atoms with E-state index in [4.69, 9.17) is 16.6 Å². The van der Waals surface area contributed by atoms with Gasteiger partial charge in [0.1, 0.15) is 11.0 Å². The summed E-state index contributed by atoms with van der Waals surface area (Å²) in [7, 11) is 0. The van der Waals surface area contributed by atoms with Crippen LogP contribution in [0, 0.1) is 10.1 Å². The van der Waals surface area contributed by atoms with Gasteiger partial charge in [0.05, 0.1) is 4.92 Å². The first kappa shape index (κ1) is 26.2. The van der Waals surface area contributed by atoms with Gasteiger partial charge in [-0.15, -0.1) is 0 Å². The fourth-order valence-electron chi connectivity index (χ4n) is 4.81. The zero-order valence-electron chi connectivity index (χ0n) is 21.0. The number of piperidine rings is 1. The molecule has 2 fully saturated rings. The van der Waals surface area contributed by atoms with Crippen LogP contribution in [0.4, 0.5) is 17.2 Å². The van der Waals surface area contributed by atoms with Crippen LogP contribution in [0.2, 0.25) is 5.15 Å². The van der Waals surface area contributed by atoms with Gasteiger partial charge in [-0.3, -0.25) is 14.9 Å². The molecule has 0 N–H and O–H groups in total. The van der Waals surface area contributed by atoms with Gasteiger partial charge >= 0.3 is 0 Å². The molecule has 2 aliphatic heterocycles. The molecular formula is C27H29ClN6O3S. The molecule has 3 heterocycles. The lowest BCUT2D eigenvalue weighted by Crippen LogP contribution is -2.48. The quantitative estimate of drug-likeness (QED) is 0.128. The number of carbonyl (C=O) groups is 1. The maximum absolute atomic E-state index is 13.2. The van der Waals surface area contributed by atoms with Crippen molar-refractivity contribution in [2.75, 3.05) is 49.1 Å². The van der Waals surface area contributed by atoms with Gasteiger partial charge in [-0.25, -0.2) is 9.97 Å². The zero-order valence-corrected chi connectivity index (χ0v) is 22.5. The van der Waals surface area contributed by atoms with Gasteiger partial charge in [0.25, 0.3) is 11.6 Å². The molecule has 1 amide bonds. The summed E-state index contributed by atoms with van der Waals surface area (Å²) in [5.74, 6) is 1.52. The molecule has 0 radical (unpaired) electrons. The Bertz CT molecular complexity index is 1290. The van der Waals surface area contributed by atoms with E-state index in [0.29, 0.717) is 47.8 Å². The van der Waals surface area contributed by atoms with Crippen LogP contribution in [-0.2, 0) is 5.75 Å². The van der Waals surface area contributed by atoms with E-state index in [1.165, 1.54) is 30.3 Å². The Morgan fingerprint density at radius 3 is 2.37 bits per heavy atom. The van der Waals surface area contributed by atoms with Gasteiger partial charge in [0.2, 0.25) is 0 Å². The molecule has 1 aromatic heterocycles. The predicted octanol–water partition coefficient (Wildman–Crippen LogP) is 5.28. The highest BCUT2D eigenvalue weighted by Gasteiger charge is 2.23. The number of amides is 1. The topological polar surface area (TPSA) is 95.7 Å². The van der Waals surface area contributed by atoms with Crippen LogP contribution < -0.4 is 9.80 Å². The minimum atomic E-state index is -0.401. The van der Waals surface area contributed by atoms with Crippen molar-refractivity contribution < 1.29 is 9.72 Å². The number of carbonyl (C=O) groups excluding carboxylic acids is 1. The summed E-state index contributed by atoms with van der Waals surface area (Å²) < 4.78 is 0. The largest absolute Gasteiger partial charge is 0.368 e. The molecule has 0 unspecified atom stereocenters. The molecule has 3 aromatic rings. The third-order valence-electron chi connectivity index (χ3n) is 6.88. The molecule has 9 nitrogen and oxygen atoms in total. The number of anilines is 2. The monoisotopic (exact) mass is 552 g/mol. The first-order valence-corrected chi connectivity index (χ1v) is 14.1. The van der Waals surface area contributed by atoms with Crippen molar-refractivity contribution in [3.8, 4) is 0 Å². The van der Waals surface area contributed by atoms with Gasteiger partial charge in [-0.05, 0) is 49.1 Å². The SMILES string of the molecule is O=C(c1cccc(CSc2nc(Cl)cc(N3CCCCC3)n2)c1)N1CCN(c2ccc([N+](=O)[O-])cc2)CC1. The Kier molecular flexibility index (Phi) is 8.29. The molecule has 198 valence electrons. The van der Waals surface area contributed by atoms with E-state index in [1.54, 1.807) is 12.1 Å². The number of halogens is 1. The number of non-ortho nitro benzene ring substituents is 1. The predicted molar refractivity (Wildman–Crippen MR) is 150 cm³/mol. The molecule has 11 heteroatoms. The van der Waals surface area contributed by atoms with Crippen LogP contribution in [0.25, 0.3) is 0 Å². The molecule has 2 aliphatic rings. The number of piperazine rings is 1. The second kappa shape index (κ2) is 12.0. The van der Waals surface area contributed by atoms with Crippen LogP contribution >= 0.6 is 23.4 Å². The summed E-state index contributed by atoms with van der Waals surface area (Å²) in [5, 5.41) is 12.0. The van der Waals surface area contributed by atoms with Crippen molar-refractivity contribution in [1.29, 1.82) is 0 Å². The van der Waals surface area contributed by atoms with E-state index in [2.05, 4.69) is 14.8 Å². The molecule has 0 spiro atoms. The molecular weight excluding hydrogens is 524 g/mol. The molecule has 5 rings (SSSR count). The van der Waals surface area contributed by atoms with Crippen molar-refractivity contribution in [2.45, 2.75) is 30.2 Å². The lowest BCUT2D eigenvalue weighted by atomic mass is 10.1. The van der Waals surface area contributed by atoms with E-state index < -0.39 is 4.92 Å². The number of nitro groups is 1. The van der Waals surface area contributed by atoms with E-state index in [1.807, 2.05) is 35.2 Å². The molecule has 2 aromatic carbocycles. The Morgan fingerprint density at radius 1 is 0.921 bits per heavy atom. The maximum Gasteiger partial charge on any atom is 0.269 e. The molecule has 0 saturated carbocycles. The Balaban J connectivity index is 1.18.